The Bertz CT molecular complexity index is 749. The number of nitrogens with zero attached hydrogens (tertiary/aromatic N) is 2. The van der Waals surface area contributed by atoms with Gasteiger partial charge in [-0.1, -0.05) is 6.92 Å². The number of rotatable bonds is 5. The number of carbonyl (C=O) groups excluding carboxylic acids is 1. The van der Waals surface area contributed by atoms with Crippen LogP contribution in [0.5, 0.6) is 0 Å². The smallest absolute Gasteiger partial charge is 0.222 e. The van der Waals surface area contributed by atoms with Gasteiger partial charge in [0.25, 0.3) is 0 Å². The lowest BCUT2D eigenvalue weighted by Gasteiger charge is -2.18. The summed E-state index contributed by atoms with van der Waals surface area (Å²) in [5.74, 6) is 0.673. The fourth-order valence-electron chi connectivity index (χ4n) is 2.30. The lowest BCUT2D eigenvalue weighted by atomic mass is 10.0. The number of benzene rings is 1. The maximum absolute atomic E-state index is 13.4. The lowest BCUT2D eigenvalue weighted by molar-refractivity contribution is 0.109. The van der Waals surface area contributed by atoms with Gasteiger partial charge >= 0.3 is 0 Å². The minimum absolute atomic E-state index is 0.151. The molecule has 0 saturated carbocycles. The van der Waals surface area contributed by atoms with Crippen molar-refractivity contribution in [3.8, 4) is 11.3 Å². The molecule has 122 valence electrons. The zero-order chi connectivity index (χ0) is 17.1. The van der Waals surface area contributed by atoms with E-state index >= 15 is 0 Å². The summed E-state index contributed by atoms with van der Waals surface area (Å²) < 4.78 is 13.4. The van der Waals surface area contributed by atoms with Crippen molar-refractivity contribution in [3.05, 3.63) is 41.0 Å². The molecule has 1 unspecified atom stereocenters. The van der Waals surface area contributed by atoms with Crippen LogP contribution in [0.15, 0.2) is 18.2 Å². The highest BCUT2D eigenvalue weighted by molar-refractivity contribution is 7.97. The lowest BCUT2D eigenvalue weighted by Crippen LogP contribution is -2.18. The monoisotopic (exact) mass is 333 g/mol. The molecule has 0 aliphatic rings. The van der Waals surface area contributed by atoms with Crippen LogP contribution in [0.3, 0.4) is 0 Å². The van der Waals surface area contributed by atoms with Crippen LogP contribution in [-0.4, -0.2) is 21.1 Å². The standard InChI is InChI=1S/C17H20FN3OS/c1-5-10(3)19-16-14(17(22)23)15(20-11(4)21-16)13-7-6-12(18)8-9(13)2/h6-8,10H,5H2,1-4H3,(H,22,23)(H,19,20,21). The first-order valence-corrected chi connectivity index (χ1v) is 7.93. The molecule has 0 fully saturated rings. The van der Waals surface area contributed by atoms with Gasteiger partial charge in [-0.25, -0.2) is 14.4 Å². The number of halogens is 1. The predicted molar refractivity (Wildman–Crippen MR) is 93.6 cm³/mol. The van der Waals surface area contributed by atoms with Crippen molar-refractivity contribution in [3.63, 3.8) is 0 Å². The van der Waals surface area contributed by atoms with Gasteiger partial charge in [-0.2, -0.15) is 0 Å². The number of hydrogen-bond acceptors (Lipinski definition) is 4. The average molecular weight is 333 g/mol. The van der Waals surface area contributed by atoms with Crippen LogP contribution >= 0.6 is 12.6 Å². The van der Waals surface area contributed by atoms with Gasteiger partial charge in [-0.3, -0.25) is 4.79 Å². The Kier molecular flexibility index (Phi) is 5.36. The first-order valence-electron chi connectivity index (χ1n) is 7.48. The second-order valence-electron chi connectivity index (χ2n) is 5.56. The number of anilines is 1. The van der Waals surface area contributed by atoms with E-state index in [1.54, 1.807) is 19.9 Å². The molecular formula is C17H20FN3OS. The summed E-state index contributed by atoms with van der Waals surface area (Å²) in [5.41, 5.74) is 2.18. The number of hydrogen-bond donors (Lipinski definition) is 2. The van der Waals surface area contributed by atoms with E-state index in [1.807, 2.05) is 13.8 Å². The molecule has 1 aromatic heterocycles. The summed E-state index contributed by atoms with van der Waals surface area (Å²) >= 11 is 3.98. The quantitative estimate of drug-likeness (QED) is 0.806. The highest BCUT2D eigenvalue weighted by atomic mass is 32.1. The fourth-order valence-corrected chi connectivity index (χ4v) is 2.51. The van der Waals surface area contributed by atoms with E-state index < -0.39 is 5.12 Å². The number of carbonyl (C=O) groups is 1. The van der Waals surface area contributed by atoms with Crippen LogP contribution in [0, 0.1) is 19.7 Å². The minimum Gasteiger partial charge on any atom is -0.367 e. The van der Waals surface area contributed by atoms with E-state index in [1.165, 1.54) is 12.1 Å². The van der Waals surface area contributed by atoms with Gasteiger partial charge in [0, 0.05) is 11.6 Å². The van der Waals surface area contributed by atoms with Crippen molar-refractivity contribution in [2.45, 2.75) is 40.2 Å². The fraction of sp³-hybridized carbons (Fsp3) is 0.353. The van der Waals surface area contributed by atoms with Crippen LogP contribution in [-0.2, 0) is 0 Å². The number of aromatic nitrogens is 2. The second kappa shape index (κ2) is 7.08. The number of thiol groups is 1. The zero-order valence-corrected chi connectivity index (χ0v) is 14.5. The van der Waals surface area contributed by atoms with Gasteiger partial charge in [-0.15, -0.1) is 12.6 Å². The maximum atomic E-state index is 13.4. The number of nitrogens with one attached hydrogen (secondary N) is 1. The average Bonchev–Trinajstić information content (AvgIpc) is 2.45. The molecule has 1 aromatic carbocycles. The molecule has 0 aliphatic carbocycles. The Morgan fingerprint density at radius 3 is 2.61 bits per heavy atom. The molecule has 0 saturated heterocycles. The van der Waals surface area contributed by atoms with E-state index in [-0.39, 0.29) is 11.9 Å². The van der Waals surface area contributed by atoms with Crippen LogP contribution in [0.4, 0.5) is 10.2 Å². The van der Waals surface area contributed by atoms with Crippen molar-refractivity contribution < 1.29 is 9.18 Å². The van der Waals surface area contributed by atoms with Gasteiger partial charge in [0.15, 0.2) is 0 Å². The van der Waals surface area contributed by atoms with Crippen molar-refractivity contribution in [1.29, 1.82) is 0 Å². The second-order valence-corrected chi connectivity index (χ2v) is 5.97. The van der Waals surface area contributed by atoms with Crippen LogP contribution in [0.2, 0.25) is 0 Å². The molecule has 0 bridgehead atoms. The molecule has 2 rings (SSSR count). The summed E-state index contributed by atoms with van der Waals surface area (Å²) in [6.07, 6.45) is 0.883. The maximum Gasteiger partial charge on any atom is 0.222 e. The molecule has 0 radical (unpaired) electrons. The van der Waals surface area contributed by atoms with E-state index in [0.717, 1.165) is 6.42 Å². The van der Waals surface area contributed by atoms with Crippen molar-refractivity contribution in [1.82, 2.24) is 9.97 Å². The van der Waals surface area contributed by atoms with Crippen LogP contribution in [0.1, 0.15) is 42.0 Å². The molecule has 1 atom stereocenters. The van der Waals surface area contributed by atoms with Crippen LogP contribution in [0.25, 0.3) is 11.3 Å². The van der Waals surface area contributed by atoms with Gasteiger partial charge < -0.3 is 5.32 Å². The summed E-state index contributed by atoms with van der Waals surface area (Å²) in [5, 5.41) is 2.81. The van der Waals surface area contributed by atoms with Gasteiger partial charge in [0.05, 0.1) is 11.3 Å². The molecule has 2 aromatic rings. The molecule has 1 heterocycles. The van der Waals surface area contributed by atoms with E-state index in [4.69, 9.17) is 0 Å². The molecule has 0 amide bonds. The van der Waals surface area contributed by atoms with E-state index in [0.29, 0.717) is 34.0 Å². The van der Waals surface area contributed by atoms with Gasteiger partial charge in [0.1, 0.15) is 17.5 Å². The third-order valence-corrected chi connectivity index (χ3v) is 3.90. The molecule has 0 aliphatic heterocycles. The largest absolute Gasteiger partial charge is 0.367 e. The molecule has 6 heteroatoms. The summed E-state index contributed by atoms with van der Waals surface area (Å²) in [6, 6.07) is 4.55. The first-order chi connectivity index (χ1) is 10.8. The molecule has 23 heavy (non-hydrogen) atoms. The SMILES string of the molecule is CCC(C)Nc1nc(C)nc(-c2ccc(F)cc2C)c1C(=O)S. The normalized spacial score (nSPS) is 12.1. The third-order valence-electron chi connectivity index (χ3n) is 3.67. The molecule has 4 nitrogen and oxygen atoms in total. The van der Waals surface area contributed by atoms with E-state index in [2.05, 4.69) is 27.9 Å². The Balaban J connectivity index is 2.69. The van der Waals surface area contributed by atoms with Crippen molar-refractivity contribution in [2.75, 3.05) is 5.32 Å². The Morgan fingerprint density at radius 2 is 2.04 bits per heavy atom. The Morgan fingerprint density at radius 1 is 1.35 bits per heavy atom. The topological polar surface area (TPSA) is 54.9 Å². The highest BCUT2D eigenvalue weighted by Gasteiger charge is 2.21. The van der Waals surface area contributed by atoms with Gasteiger partial charge in [0.2, 0.25) is 5.12 Å². The van der Waals surface area contributed by atoms with Crippen molar-refractivity contribution in [2.24, 2.45) is 0 Å². The Labute approximate surface area is 141 Å². The van der Waals surface area contributed by atoms with Crippen LogP contribution < -0.4 is 5.32 Å². The summed E-state index contributed by atoms with van der Waals surface area (Å²) in [6.45, 7) is 7.59. The summed E-state index contributed by atoms with van der Waals surface area (Å²) in [7, 11) is 0. The summed E-state index contributed by atoms with van der Waals surface area (Å²) in [4.78, 5) is 20.8. The Hall–Kier alpha value is -1.95. The zero-order valence-electron chi connectivity index (χ0n) is 13.6. The van der Waals surface area contributed by atoms with E-state index in [9.17, 15) is 9.18 Å². The van der Waals surface area contributed by atoms with Gasteiger partial charge in [-0.05, 0) is 51.0 Å². The van der Waals surface area contributed by atoms with Crippen molar-refractivity contribution >= 4 is 23.6 Å². The highest BCUT2D eigenvalue weighted by Crippen LogP contribution is 2.31. The predicted octanol–water partition coefficient (Wildman–Crippen LogP) is 4.18. The third kappa shape index (κ3) is 3.88. The molecule has 1 N–H and O–H groups in total. The first kappa shape index (κ1) is 17.4. The minimum atomic E-state index is -0.422. The molecule has 0 spiro atoms. The number of aryl methyl sites for hydroxylation is 2. The molecular weight excluding hydrogens is 313 g/mol.